The molecule has 0 atom stereocenters. The lowest BCUT2D eigenvalue weighted by atomic mass is 10.1. The van der Waals surface area contributed by atoms with Crippen molar-refractivity contribution in [2.75, 3.05) is 11.0 Å². The summed E-state index contributed by atoms with van der Waals surface area (Å²) in [6.45, 7) is 1.99. The van der Waals surface area contributed by atoms with Crippen molar-refractivity contribution in [3.63, 3.8) is 0 Å². The zero-order valence-electron chi connectivity index (χ0n) is 12.6. The molecule has 23 heavy (non-hydrogen) atoms. The van der Waals surface area contributed by atoms with Gasteiger partial charge in [0.1, 0.15) is 5.01 Å². The Morgan fingerprint density at radius 3 is 2.30 bits per heavy atom. The minimum Gasteiger partial charge on any atom is -0.284 e. The molecule has 3 aromatic rings. The van der Waals surface area contributed by atoms with Crippen LogP contribution in [0.3, 0.4) is 0 Å². The highest BCUT2D eigenvalue weighted by atomic mass is 32.2. The molecule has 8 heteroatoms. The Balaban J connectivity index is 1.75. The van der Waals surface area contributed by atoms with Gasteiger partial charge in [-0.1, -0.05) is 12.1 Å². The first-order valence-corrected chi connectivity index (χ1v) is 10.5. The summed E-state index contributed by atoms with van der Waals surface area (Å²) in [5.74, 6) is 0. The first kappa shape index (κ1) is 16.1. The van der Waals surface area contributed by atoms with Crippen molar-refractivity contribution >= 4 is 38.4 Å². The van der Waals surface area contributed by atoms with Crippen LogP contribution in [-0.4, -0.2) is 24.6 Å². The number of aromatic nitrogens is 2. The number of hydrogen-bond acceptors (Lipinski definition) is 6. The summed E-state index contributed by atoms with van der Waals surface area (Å²) >= 11 is 3.25. The van der Waals surface area contributed by atoms with Gasteiger partial charge in [-0.3, -0.25) is 4.72 Å². The summed E-state index contributed by atoms with van der Waals surface area (Å²) in [5, 5.41) is 6.13. The molecule has 1 aromatic carbocycles. The molecule has 120 valence electrons. The van der Waals surface area contributed by atoms with Gasteiger partial charge in [0.25, 0.3) is 0 Å². The van der Waals surface area contributed by atoms with Crippen LogP contribution in [0, 0.1) is 6.92 Å². The minimum absolute atomic E-state index is 0.546. The Bertz CT molecular complexity index is 912. The molecule has 0 spiro atoms. The number of benzene rings is 1. The van der Waals surface area contributed by atoms with Crippen LogP contribution in [0.2, 0.25) is 0 Å². The third-order valence-electron chi connectivity index (χ3n) is 3.00. The quantitative estimate of drug-likeness (QED) is 0.751. The van der Waals surface area contributed by atoms with Gasteiger partial charge >= 0.3 is 0 Å². The fourth-order valence-electron chi connectivity index (χ4n) is 2.06. The van der Waals surface area contributed by atoms with E-state index in [-0.39, 0.29) is 0 Å². The third kappa shape index (κ3) is 4.37. The fourth-order valence-corrected chi connectivity index (χ4v) is 4.30. The second-order valence-corrected chi connectivity index (χ2v) is 8.77. The van der Waals surface area contributed by atoms with Crippen LogP contribution < -0.4 is 4.72 Å². The van der Waals surface area contributed by atoms with Gasteiger partial charge in [-0.2, -0.15) is 0 Å². The number of nitrogens with one attached hydrogen (secondary N) is 1. The standard InChI is InChI=1S/C15H15N3O2S3/c1-10-8-21-14(16-10)7-15-17-13(9-22-15)11-3-5-12(6-4-11)18-23(2,19)20/h3-6,8-9,18H,7H2,1-2H3. The van der Waals surface area contributed by atoms with Crippen LogP contribution in [0.25, 0.3) is 11.3 Å². The summed E-state index contributed by atoms with van der Waals surface area (Å²) in [6.07, 6.45) is 1.88. The summed E-state index contributed by atoms with van der Waals surface area (Å²) in [7, 11) is -3.25. The van der Waals surface area contributed by atoms with Gasteiger partial charge < -0.3 is 0 Å². The highest BCUT2D eigenvalue weighted by molar-refractivity contribution is 7.92. The molecule has 5 nitrogen and oxygen atoms in total. The molecule has 0 amide bonds. The maximum Gasteiger partial charge on any atom is 0.229 e. The minimum atomic E-state index is -3.25. The largest absolute Gasteiger partial charge is 0.284 e. The van der Waals surface area contributed by atoms with E-state index in [0.717, 1.165) is 39.6 Å². The Labute approximate surface area is 143 Å². The lowest BCUT2D eigenvalue weighted by Gasteiger charge is -2.04. The molecular formula is C15H15N3O2S3. The first-order chi connectivity index (χ1) is 10.9. The van der Waals surface area contributed by atoms with Crippen molar-refractivity contribution in [3.8, 4) is 11.3 Å². The van der Waals surface area contributed by atoms with Crippen molar-refractivity contribution in [3.05, 3.63) is 50.7 Å². The molecule has 0 unspecified atom stereocenters. The number of anilines is 1. The molecule has 0 saturated heterocycles. The smallest absolute Gasteiger partial charge is 0.229 e. The summed E-state index contributed by atoms with van der Waals surface area (Å²) in [4.78, 5) is 9.09. The summed E-state index contributed by atoms with van der Waals surface area (Å²) in [5.41, 5.74) is 3.44. The number of nitrogens with zero attached hydrogens (tertiary/aromatic N) is 2. The van der Waals surface area contributed by atoms with Gasteiger partial charge in [-0.15, -0.1) is 22.7 Å². The maximum atomic E-state index is 11.2. The van der Waals surface area contributed by atoms with Crippen LogP contribution in [0.1, 0.15) is 15.7 Å². The molecule has 0 aliphatic heterocycles. The highest BCUT2D eigenvalue weighted by Gasteiger charge is 2.08. The van der Waals surface area contributed by atoms with Crippen molar-refractivity contribution in [1.29, 1.82) is 0 Å². The Kier molecular flexibility index (Phi) is 4.47. The monoisotopic (exact) mass is 365 g/mol. The van der Waals surface area contributed by atoms with Gasteiger partial charge in [0.05, 0.1) is 23.4 Å². The van der Waals surface area contributed by atoms with Gasteiger partial charge in [-0.25, -0.2) is 18.4 Å². The number of thiazole rings is 2. The first-order valence-electron chi connectivity index (χ1n) is 6.83. The van der Waals surface area contributed by atoms with E-state index in [1.54, 1.807) is 34.8 Å². The molecule has 0 fully saturated rings. The van der Waals surface area contributed by atoms with E-state index in [1.165, 1.54) is 0 Å². The molecule has 0 radical (unpaired) electrons. The van der Waals surface area contributed by atoms with E-state index in [9.17, 15) is 8.42 Å². The lowest BCUT2D eigenvalue weighted by molar-refractivity contribution is 0.607. The second kappa shape index (κ2) is 6.38. The van der Waals surface area contributed by atoms with Crippen LogP contribution in [0.4, 0.5) is 5.69 Å². The Hall–Kier alpha value is -1.77. The SMILES string of the molecule is Cc1csc(Cc2nc(-c3ccc(NS(C)(=O)=O)cc3)cs2)n1. The van der Waals surface area contributed by atoms with Crippen molar-refractivity contribution in [2.24, 2.45) is 0 Å². The Morgan fingerprint density at radius 1 is 1.04 bits per heavy atom. The van der Waals surface area contributed by atoms with E-state index in [0.29, 0.717) is 5.69 Å². The van der Waals surface area contributed by atoms with E-state index < -0.39 is 10.0 Å². The molecule has 0 saturated carbocycles. The number of hydrogen-bond donors (Lipinski definition) is 1. The number of rotatable bonds is 5. The van der Waals surface area contributed by atoms with E-state index in [2.05, 4.69) is 14.7 Å². The zero-order chi connectivity index (χ0) is 16.4. The van der Waals surface area contributed by atoms with Gasteiger partial charge in [0.2, 0.25) is 10.0 Å². The topological polar surface area (TPSA) is 72.0 Å². The zero-order valence-corrected chi connectivity index (χ0v) is 15.1. The van der Waals surface area contributed by atoms with Crippen LogP contribution in [-0.2, 0) is 16.4 Å². The number of sulfonamides is 1. The maximum absolute atomic E-state index is 11.2. The Morgan fingerprint density at radius 2 is 1.70 bits per heavy atom. The van der Waals surface area contributed by atoms with Gasteiger partial charge in [0.15, 0.2) is 0 Å². The fraction of sp³-hybridized carbons (Fsp3) is 0.200. The average Bonchev–Trinajstić information content (AvgIpc) is 3.08. The predicted molar refractivity (Wildman–Crippen MR) is 95.7 cm³/mol. The molecule has 0 bridgehead atoms. The third-order valence-corrected chi connectivity index (χ3v) is 5.43. The van der Waals surface area contributed by atoms with Crippen LogP contribution in [0.5, 0.6) is 0 Å². The average molecular weight is 366 g/mol. The predicted octanol–water partition coefficient (Wildman–Crippen LogP) is 3.54. The molecule has 0 aliphatic carbocycles. The normalized spacial score (nSPS) is 11.6. The number of aryl methyl sites for hydroxylation is 1. The molecule has 1 N–H and O–H groups in total. The van der Waals surface area contributed by atoms with E-state index >= 15 is 0 Å². The lowest BCUT2D eigenvalue weighted by Crippen LogP contribution is -2.09. The van der Waals surface area contributed by atoms with Crippen LogP contribution >= 0.6 is 22.7 Å². The van der Waals surface area contributed by atoms with Crippen LogP contribution in [0.15, 0.2) is 35.0 Å². The summed E-state index contributed by atoms with van der Waals surface area (Å²) < 4.78 is 24.9. The van der Waals surface area contributed by atoms with Crippen molar-refractivity contribution < 1.29 is 8.42 Å². The van der Waals surface area contributed by atoms with Gasteiger partial charge in [0, 0.05) is 27.7 Å². The summed E-state index contributed by atoms with van der Waals surface area (Å²) in [6, 6.07) is 7.19. The molecule has 3 rings (SSSR count). The molecule has 2 aromatic heterocycles. The van der Waals surface area contributed by atoms with E-state index in [4.69, 9.17) is 0 Å². The highest BCUT2D eigenvalue weighted by Crippen LogP contribution is 2.25. The second-order valence-electron chi connectivity index (χ2n) is 5.14. The molecule has 2 heterocycles. The van der Waals surface area contributed by atoms with Crippen molar-refractivity contribution in [2.45, 2.75) is 13.3 Å². The van der Waals surface area contributed by atoms with E-state index in [1.807, 2.05) is 29.8 Å². The van der Waals surface area contributed by atoms with Crippen molar-refractivity contribution in [1.82, 2.24) is 9.97 Å². The van der Waals surface area contributed by atoms with Gasteiger partial charge in [-0.05, 0) is 19.1 Å². The molecular weight excluding hydrogens is 350 g/mol. The molecule has 0 aliphatic rings.